The van der Waals surface area contributed by atoms with Crippen molar-refractivity contribution in [1.29, 1.82) is 0 Å². The van der Waals surface area contributed by atoms with Gasteiger partial charge in [-0.15, -0.1) is 0 Å². The summed E-state index contributed by atoms with van der Waals surface area (Å²) in [7, 11) is 0. The summed E-state index contributed by atoms with van der Waals surface area (Å²) in [5, 5.41) is 11.1. The minimum Gasteiger partial charge on any atom is -0.383 e. The fraction of sp³-hybridized carbons (Fsp3) is 0.200. The number of carbonyl (C=O) groups excluding carboxylic acids is 1. The van der Waals surface area contributed by atoms with E-state index in [2.05, 4.69) is 27.9 Å². The Morgan fingerprint density at radius 1 is 1.00 bits per heavy atom. The maximum absolute atomic E-state index is 12.7. The van der Waals surface area contributed by atoms with Crippen molar-refractivity contribution >= 4 is 51.4 Å². The van der Waals surface area contributed by atoms with Crippen LogP contribution in [0.3, 0.4) is 0 Å². The van der Waals surface area contributed by atoms with E-state index in [4.69, 9.17) is 23.2 Å². The van der Waals surface area contributed by atoms with Crippen molar-refractivity contribution in [2.75, 3.05) is 30.3 Å². The molecule has 0 aliphatic heterocycles. The van der Waals surface area contributed by atoms with Crippen LogP contribution in [0.2, 0.25) is 10.0 Å². The number of aromatic nitrogens is 1. The van der Waals surface area contributed by atoms with Crippen molar-refractivity contribution < 1.29 is 4.79 Å². The predicted octanol–water partition coefficient (Wildman–Crippen LogP) is 4.82. The van der Waals surface area contributed by atoms with Crippen LogP contribution in [0.4, 0.5) is 11.4 Å². The van der Waals surface area contributed by atoms with Crippen molar-refractivity contribution in [1.82, 2.24) is 10.3 Å². The van der Waals surface area contributed by atoms with Crippen molar-refractivity contribution in [2.45, 2.75) is 6.92 Å². The van der Waals surface area contributed by atoms with Gasteiger partial charge in [0.25, 0.3) is 5.91 Å². The van der Waals surface area contributed by atoms with Crippen LogP contribution < -0.4 is 16.0 Å². The molecule has 1 heterocycles. The second-order valence-electron chi connectivity index (χ2n) is 5.89. The third-order valence-corrected chi connectivity index (χ3v) is 4.71. The van der Waals surface area contributed by atoms with Crippen molar-refractivity contribution in [3.8, 4) is 0 Å². The Balaban J connectivity index is 1.88. The fourth-order valence-electron chi connectivity index (χ4n) is 2.79. The zero-order valence-electron chi connectivity index (χ0n) is 14.9. The maximum Gasteiger partial charge on any atom is 0.258 e. The summed E-state index contributed by atoms with van der Waals surface area (Å²) in [5.41, 5.74) is 2.51. The molecule has 0 saturated carbocycles. The Kier molecular flexibility index (Phi) is 6.50. The molecule has 0 radical (unpaired) electrons. The van der Waals surface area contributed by atoms with Gasteiger partial charge >= 0.3 is 0 Å². The molecule has 140 valence electrons. The molecular formula is C20H20Cl2N4O. The van der Waals surface area contributed by atoms with Gasteiger partial charge in [-0.25, -0.2) is 0 Å². The van der Waals surface area contributed by atoms with Gasteiger partial charge in [-0.05, 0) is 30.8 Å². The SMILES string of the molecule is CCNCCNc1ccnc2c(NC(=O)c3c(Cl)cccc3Cl)cccc12. The molecule has 0 atom stereocenters. The van der Waals surface area contributed by atoms with Gasteiger partial charge in [0, 0.05) is 30.4 Å². The Labute approximate surface area is 168 Å². The standard InChI is InChI=1S/C20H20Cl2N4O/c1-2-23-11-12-24-16-9-10-25-19-13(16)5-3-8-17(19)26-20(27)18-14(21)6-4-7-15(18)22/h3-10,23H,2,11-12H2,1H3,(H,24,25)(H,26,27). The number of benzene rings is 2. The molecule has 0 aliphatic rings. The second-order valence-corrected chi connectivity index (χ2v) is 6.71. The minimum atomic E-state index is -0.370. The van der Waals surface area contributed by atoms with E-state index < -0.39 is 0 Å². The van der Waals surface area contributed by atoms with E-state index in [9.17, 15) is 4.79 Å². The first-order chi connectivity index (χ1) is 13.1. The van der Waals surface area contributed by atoms with Gasteiger partial charge < -0.3 is 16.0 Å². The fourth-order valence-corrected chi connectivity index (χ4v) is 3.36. The first-order valence-corrected chi connectivity index (χ1v) is 9.45. The highest BCUT2D eigenvalue weighted by Gasteiger charge is 2.16. The smallest absolute Gasteiger partial charge is 0.258 e. The molecule has 5 nitrogen and oxygen atoms in total. The highest BCUT2D eigenvalue weighted by atomic mass is 35.5. The summed E-state index contributed by atoms with van der Waals surface area (Å²) in [6.07, 6.45) is 1.72. The summed E-state index contributed by atoms with van der Waals surface area (Å²) in [4.78, 5) is 17.1. The Bertz CT molecular complexity index is 942. The van der Waals surface area contributed by atoms with E-state index in [-0.39, 0.29) is 11.5 Å². The van der Waals surface area contributed by atoms with E-state index in [1.807, 2.05) is 18.2 Å². The van der Waals surface area contributed by atoms with E-state index in [0.29, 0.717) is 21.2 Å². The van der Waals surface area contributed by atoms with Gasteiger partial charge in [0.2, 0.25) is 0 Å². The van der Waals surface area contributed by atoms with Crippen LogP contribution >= 0.6 is 23.2 Å². The molecule has 7 heteroatoms. The summed E-state index contributed by atoms with van der Waals surface area (Å²) < 4.78 is 0. The number of nitrogens with one attached hydrogen (secondary N) is 3. The van der Waals surface area contributed by atoms with Gasteiger partial charge in [0.05, 0.1) is 26.8 Å². The first-order valence-electron chi connectivity index (χ1n) is 8.69. The number of rotatable bonds is 7. The van der Waals surface area contributed by atoms with Gasteiger partial charge in [0.1, 0.15) is 0 Å². The molecule has 0 saturated heterocycles. The van der Waals surface area contributed by atoms with E-state index in [1.54, 1.807) is 30.5 Å². The molecule has 1 amide bonds. The quantitative estimate of drug-likeness (QED) is 0.495. The van der Waals surface area contributed by atoms with Gasteiger partial charge in [0.15, 0.2) is 0 Å². The number of fused-ring (bicyclic) bond motifs is 1. The molecule has 3 N–H and O–H groups in total. The number of amides is 1. The number of hydrogen-bond acceptors (Lipinski definition) is 4. The first kappa shape index (κ1) is 19.4. The lowest BCUT2D eigenvalue weighted by molar-refractivity contribution is 0.102. The maximum atomic E-state index is 12.7. The lowest BCUT2D eigenvalue weighted by Crippen LogP contribution is -2.21. The number of likely N-dealkylation sites (N-methyl/N-ethyl adjacent to an activating group) is 1. The largest absolute Gasteiger partial charge is 0.383 e. The van der Waals surface area contributed by atoms with Crippen LogP contribution in [0.25, 0.3) is 10.9 Å². The number of para-hydroxylation sites is 1. The Hall–Kier alpha value is -2.34. The molecular weight excluding hydrogens is 383 g/mol. The molecule has 0 bridgehead atoms. The average Bonchev–Trinajstić information content (AvgIpc) is 2.65. The topological polar surface area (TPSA) is 66.1 Å². The van der Waals surface area contributed by atoms with Gasteiger partial charge in [-0.3, -0.25) is 9.78 Å². The van der Waals surface area contributed by atoms with Crippen molar-refractivity contribution in [3.05, 3.63) is 64.3 Å². The number of carbonyl (C=O) groups is 1. The van der Waals surface area contributed by atoms with Crippen LogP contribution in [-0.4, -0.2) is 30.5 Å². The summed E-state index contributed by atoms with van der Waals surface area (Å²) in [5.74, 6) is -0.370. The number of anilines is 2. The van der Waals surface area contributed by atoms with Crippen LogP contribution in [0.5, 0.6) is 0 Å². The van der Waals surface area contributed by atoms with Crippen molar-refractivity contribution in [2.24, 2.45) is 0 Å². The summed E-state index contributed by atoms with van der Waals surface area (Å²) in [6.45, 7) is 4.65. The molecule has 2 aromatic carbocycles. The number of halogens is 2. The Morgan fingerprint density at radius 3 is 2.48 bits per heavy atom. The monoisotopic (exact) mass is 402 g/mol. The van der Waals surface area contributed by atoms with E-state index >= 15 is 0 Å². The van der Waals surface area contributed by atoms with E-state index in [1.165, 1.54) is 0 Å². The van der Waals surface area contributed by atoms with Crippen LogP contribution in [0, 0.1) is 0 Å². The molecule has 0 aliphatic carbocycles. The number of pyridine rings is 1. The third-order valence-electron chi connectivity index (χ3n) is 4.08. The normalized spacial score (nSPS) is 10.8. The number of hydrogen-bond donors (Lipinski definition) is 3. The van der Waals surface area contributed by atoms with Crippen molar-refractivity contribution in [3.63, 3.8) is 0 Å². The molecule has 3 aromatic rings. The lowest BCUT2D eigenvalue weighted by Gasteiger charge is -2.13. The summed E-state index contributed by atoms with van der Waals surface area (Å²) >= 11 is 12.3. The zero-order chi connectivity index (χ0) is 19.2. The molecule has 3 rings (SSSR count). The van der Waals surface area contributed by atoms with Gasteiger partial charge in [-0.2, -0.15) is 0 Å². The highest BCUT2D eigenvalue weighted by molar-refractivity contribution is 6.40. The second kappa shape index (κ2) is 9.04. The van der Waals surface area contributed by atoms with E-state index in [0.717, 1.165) is 30.7 Å². The molecule has 1 aromatic heterocycles. The molecule has 0 unspecified atom stereocenters. The van der Waals surface area contributed by atoms with Crippen LogP contribution in [0.15, 0.2) is 48.7 Å². The minimum absolute atomic E-state index is 0.248. The average molecular weight is 403 g/mol. The summed E-state index contributed by atoms with van der Waals surface area (Å²) in [6, 6.07) is 12.5. The predicted molar refractivity (Wildman–Crippen MR) is 113 cm³/mol. The molecule has 27 heavy (non-hydrogen) atoms. The van der Waals surface area contributed by atoms with Crippen LogP contribution in [-0.2, 0) is 0 Å². The third kappa shape index (κ3) is 4.50. The lowest BCUT2D eigenvalue weighted by atomic mass is 10.1. The zero-order valence-corrected chi connectivity index (χ0v) is 16.4. The highest BCUT2D eigenvalue weighted by Crippen LogP contribution is 2.29. The van der Waals surface area contributed by atoms with Crippen LogP contribution in [0.1, 0.15) is 17.3 Å². The Morgan fingerprint density at radius 2 is 1.74 bits per heavy atom. The van der Waals surface area contributed by atoms with Gasteiger partial charge in [-0.1, -0.05) is 48.3 Å². The number of nitrogens with zero attached hydrogens (tertiary/aromatic N) is 1. The molecule has 0 spiro atoms. The molecule has 0 fully saturated rings.